The highest BCUT2D eigenvalue weighted by Crippen LogP contribution is 2.36. The van der Waals surface area contributed by atoms with Gasteiger partial charge in [-0.1, -0.05) is 0 Å². The predicted octanol–water partition coefficient (Wildman–Crippen LogP) is 1.75. The van der Waals surface area contributed by atoms with E-state index in [9.17, 15) is 4.79 Å². The van der Waals surface area contributed by atoms with Crippen LogP contribution in [0.25, 0.3) is 0 Å². The molecule has 0 radical (unpaired) electrons. The molecule has 5 heteroatoms. The number of aromatic nitrogens is 1. The van der Waals surface area contributed by atoms with Crippen LogP contribution in [0.4, 0.5) is 0 Å². The van der Waals surface area contributed by atoms with Gasteiger partial charge < -0.3 is 9.80 Å². The number of carbonyl (C=O) groups is 1. The summed E-state index contributed by atoms with van der Waals surface area (Å²) in [5, 5.41) is 3.17. The Morgan fingerprint density at radius 1 is 1.35 bits per heavy atom. The molecule has 0 unspecified atom stereocenters. The van der Waals surface area contributed by atoms with Gasteiger partial charge in [-0.15, -0.1) is 11.3 Å². The number of hydrogen-bond donors (Lipinski definition) is 0. The van der Waals surface area contributed by atoms with Gasteiger partial charge in [-0.2, -0.15) is 0 Å². The fourth-order valence-corrected chi connectivity index (χ4v) is 4.27. The van der Waals surface area contributed by atoms with Crippen molar-refractivity contribution in [1.82, 2.24) is 14.8 Å². The number of hydrogen-bond acceptors (Lipinski definition) is 4. The van der Waals surface area contributed by atoms with Gasteiger partial charge in [-0.25, -0.2) is 4.98 Å². The minimum absolute atomic E-state index is 0.258. The maximum Gasteiger partial charge on any atom is 0.227 e. The Balaban J connectivity index is 1.37. The second-order valence-electron chi connectivity index (χ2n) is 6.61. The van der Waals surface area contributed by atoms with Crippen molar-refractivity contribution >= 4 is 17.2 Å². The van der Waals surface area contributed by atoms with Gasteiger partial charge in [0.25, 0.3) is 0 Å². The number of carbonyl (C=O) groups excluding carboxylic acids is 1. The van der Waals surface area contributed by atoms with Crippen molar-refractivity contribution in [3.05, 3.63) is 16.1 Å². The van der Waals surface area contributed by atoms with E-state index in [1.165, 1.54) is 19.4 Å². The third kappa shape index (κ3) is 2.37. The Morgan fingerprint density at radius 3 is 2.85 bits per heavy atom. The summed E-state index contributed by atoms with van der Waals surface area (Å²) in [6.07, 6.45) is 2.80. The molecular weight excluding hydrogens is 270 g/mol. The van der Waals surface area contributed by atoms with Gasteiger partial charge in [-0.3, -0.25) is 4.79 Å². The van der Waals surface area contributed by atoms with E-state index in [4.69, 9.17) is 0 Å². The summed E-state index contributed by atoms with van der Waals surface area (Å²) in [7, 11) is 0. The molecule has 1 aliphatic carbocycles. The van der Waals surface area contributed by atoms with Crippen LogP contribution in [0.1, 0.15) is 23.5 Å². The van der Waals surface area contributed by atoms with Crippen LogP contribution in [0.15, 0.2) is 5.38 Å². The van der Waals surface area contributed by atoms with Gasteiger partial charge in [0, 0.05) is 37.5 Å². The second kappa shape index (κ2) is 4.81. The molecule has 1 amide bonds. The number of rotatable bonds is 4. The molecule has 20 heavy (non-hydrogen) atoms. The summed E-state index contributed by atoms with van der Waals surface area (Å²) in [5.41, 5.74) is 1.05. The number of thiazole rings is 1. The van der Waals surface area contributed by atoms with Crippen molar-refractivity contribution in [3.63, 3.8) is 0 Å². The summed E-state index contributed by atoms with van der Waals surface area (Å²) in [5.74, 6) is 2.10. The molecule has 0 aromatic carbocycles. The van der Waals surface area contributed by atoms with Crippen molar-refractivity contribution in [1.29, 1.82) is 0 Å². The number of likely N-dealkylation sites (tertiary alicyclic amines) is 2. The third-order valence-electron chi connectivity index (χ3n) is 4.83. The lowest BCUT2D eigenvalue weighted by Gasteiger charge is -2.20. The van der Waals surface area contributed by atoms with E-state index in [1.54, 1.807) is 11.3 Å². The number of aryl methyl sites for hydroxylation is 1. The second-order valence-corrected chi connectivity index (χ2v) is 7.67. The fourth-order valence-electron chi connectivity index (χ4n) is 3.67. The Bertz CT molecular complexity index is 525. The Kier molecular flexibility index (Phi) is 3.07. The number of amides is 1. The summed E-state index contributed by atoms with van der Waals surface area (Å²) in [6.45, 7) is 7.00. The van der Waals surface area contributed by atoms with Crippen molar-refractivity contribution in [2.75, 3.05) is 26.2 Å². The first-order valence-corrected chi connectivity index (χ1v) is 8.49. The molecule has 4 rings (SSSR count). The molecule has 4 nitrogen and oxygen atoms in total. The minimum atomic E-state index is 0.258. The Hall–Kier alpha value is -0.940. The molecule has 3 fully saturated rings. The average Bonchev–Trinajstić information content (AvgIpc) is 2.88. The first-order valence-electron chi connectivity index (χ1n) is 7.61. The van der Waals surface area contributed by atoms with Gasteiger partial charge in [0.05, 0.1) is 23.2 Å². The molecule has 1 aromatic heterocycles. The maximum absolute atomic E-state index is 12.5. The van der Waals surface area contributed by atoms with Crippen LogP contribution in [-0.2, 0) is 11.3 Å². The number of nitrogens with zero attached hydrogens (tertiary/aromatic N) is 3. The van der Waals surface area contributed by atoms with Gasteiger partial charge in [0.2, 0.25) is 5.91 Å². The van der Waals surface area contributed by atoms with E-state index < -0.39 is 0 Å². The minimum Gasteiger partial charge on any atom is -0.336 e. The van der Waals surface area contributed by atoms with Crippen molar-refractivity contribution in [3.8, 4) is 0 Å². The summed E-state index contributed by atoms with van der Waals surface area (Å²) < 4.78 is 0. The van der Waals surface area contributed by atoms with Crippen LogP contribution in [0.5, 0.6) is 0 Å². The SMILES string of the molecule is Cc1nc(CN2C[C@@H]3CN(CC4CC4)C[C@@H]3C2=O)cs1. The molecule has 3 aliphatic rings. The quantitative estimate of drug-likeness (QED) is 0.848. The number of fused-ring (bicyclic) bond motifs is 1. The van der Waals surface area contributed by atoms with Crippen molar-refractivity contribution < 1.29 is 4.79 Å². The molecule has 0 bridgehead atoms. The normalized spacial score (nSPS) is 30.2. The van der Waals surface area contributed by atoms with Crippen LogP contribution in [0.3, 0.4) is 0 Å². The molecular formula is C15H21N3OS. The van der Waals surface area contributed by atoms with E-state index >= 15 is 0 Å². The zero-order valence-corrected chi connectivity index (χ0v) is 12.7. The monoisotopic (exact) mass is 291 g/mol. The van der Waals surface area contributed by atoms with E-state index in [0.717, 1.165) is 36.3 Å². The smallest absolute Gasteiger partial charge is 0.227 e. The molecule has 2 atom stereocenters. The highest BCUT2D eigenvalue weighted by Gasteiger charge is 2.46. The van der Waals surface area contributed by atoms with E-state index in [1.807, 2.05) is 11.8 Å². The first-order chi connectivity index (χ1) is 9.69. The van der Waals surface area contributed by atoms with Gasteiger partial charge >= 0.3 is 0 Å². The van der Waals surface area contributed by atoms with E-state index in [-0.39, 0.29) is 5.92 Å². The standard InChI is InChI=1S/C15H21N3OS/c1-10-16-13(9-20-10)7-18-6-12-5-17(4-11-2-3-11)8-14(12)15(18)19/h9,11-12,14H,2-8H2,1H3/t12-,14-/m0/s1. The summed E-state index contributed by atoms with van der Waals surface area (Å²) >= 11 is 1.67. The van der Waals surface area contributed by atoms with Crippen LogP contribution in [-0.4, -0.2) is 46.9 Å². The average molecular weight is 291 g/mol. The molecule has 2 saturated heterocycles. The van der Waals surface area contributed by atoms with Gasteiger partial charge in [0.1, 0.15) is 0 Å². The zero-order chi connectivity index (χ0) is 13.7. The van der Waals surface area contributed by atoms with E-state index in [0.29, 0.717) is 18.4 Å². The van der Waals surface area contributed by atoms with Crippen LogP contribution in [0.2, 0.25) is 0 Å². The topological polar surface area (TPSA) is 36.4 Å². The summed E-state index contributed by atoms with van der Waals surface area (Å²) in [4.78, 5) is 21.5. The van der Waals surface area contributed by atoms with Gasteiger partial charge in [-0.05, 0) is 25.7 Å². The highest BCUT2D eigenvalue weighted by atomic mass is 32.1. The zero-order valence-electron chi connectivity index (χ0n) is 11.9. The lowest BCUT2D eigenvalue weighted by Crippen LogP contribution is -2.33. The molecule has 0 spiro atoms. The lowest BCUT2D eigenvalue weighted by atomic mass is 10.0. The first kappa shape index (κ1) is 12.8. The van der Waals surface area contributed by atoms with Crippen LogP contribution in [0, 0.1) is 24.7 Å². The molecule has 108 valence electrons. The largest absolute Gasteiger partial charge is 0.336 e. The maximum atomic E-state index is 12.5. The van der Waals surface area contributed by atoms with Crippen LogP contribution >= 0.6 is 11.3 Å². The molecule has 3 heterocycles. The van der Waals surface area contributed by atoms with Crippen molar-refractivity contribution in [2.45, 2.75) is 26.3 Å². The van der Waals surface area contributed by atoms with Gasteiger partial charge in [0.15, 0.2) is 0 Å². The molecule has 1 aromatic rings. The Labute approximate surface area is 123 Å². The van der Waals surface area contributed by atoms with E-state index in [2.05, 4.69) is 15.3 Å². The molecule has 2 aliphatic heterocycles. The molecule has 1 saturated carbocycles. The van der Waals surface area contributed by atoms with Crippen LogP contribution < -0.4 is 0 Å². The third-order valence-corrected chi connectivity index (χ3v) is 5.66. The highest BCUT2D eigenvalue weighted by molar-refractivity contribution is 7.09. The van der Waals surface area contributed by atoms with Crippen molar-refractivity contribution in [2.24, 2.45) is 17.8 Å². The summed E-state index contributed by atoms with van der Waals surface area (Å²) in [6, 6.07) is 0. The predicted molar refractivity (Wildman–Crippen MR) is 78.4 cm³/mol. The molecule has 0 N–H and O–H groups in total. The Morgan fingerprint density at radius 2 is 2.20 bits per heavy atom. The lowest BCUT2D eigenvalue weighted by molar-refractivity contribution is -0.131. The fraction of sp³-hybridized carbons (Fsp3) is 0.733.